The molecule has 0 bridgehead atoms. The van der Waals surface area contributed by atoms with Crippen LogP contribution in [0.15, 0.2) is 30.5 Å². The van der Waals surface area contributed by atoms with E-state index >= 15 is 0 Å². The number of hydrogen-bond acceptors (Lipinski definition) is 2. The average molecular weight is 355 g/mol. The van der Waals surface area contributed by atoms with Crippen LogP contribution in [0.2, 0.25) is 5.02 Å². The summed E-state index contributed by atoms with van der Waals surface area (Å²) in [5.41, 5.74) is 1.85. The van der Waals surface area contributed by atoms with Crippen LogP contribution in [0.25, 0.3) is 11.1 Å². The van der Waals surface area contributed by atoms with Gasteiger partial charge in [-0.25, -0.2) is 0 Å². The summed E-state index contributed by atoms with van der Waals surface area (Å²) >= 11 is 9.48. The van der Waals surface area contributed by atoms with E-state index in [-0.39, 0.29) is 5.91 Å². The van der Waals surface area contributed by atoms with Gasteiger partial charge in [0.2, 0.25) is 5.91 Å². The first-order chi connectivity index (χ1) is 9.69. The number of amides is 1. The molecule has 104 valence electrons. The Balaban J connectivity index is 1.97. The lowest BCUT2D eigenvalue weighted by Crippen LogP contribution is -2.25. The molecule has 1 N–H and O–H groups in total. The number of rotatable bonds is 3. The van der Waals surface area contributed by atoms with E-state index < -0.39 is 0 Å². The van der Waals surface area contributed by atoms with Gasteiger partial charge in [-0.2, -0.15) is 5.10 Å². The van der Waals surface area contributed by atoms with Crippen LogP contribution in [0.3, 0.4) is 0 Å². The highest BCUT2D eigenvalue weighted by Gasteiger charge is 2.32. The summed E-state index contributed by atoms with van der Waals surface area (Å²) in [5.74, 6) is 1.22. The minimum absolute atomic E-state index is 0.127. The van der Waals surface area contributed by atoms with Gasteiger partial charge in [-0.15, -0.1) is 0 Å². The van der Waals surface area contributed by atoms with Crippen molar-refractivity contribution in [3.8, 4) is 11.1 Å². The Hall–Kier alpha value is -1.33. The normalized spacial score (nSPS) is 18.8. The molecule has 1 fully saturated rings. The predicted octanol–water partition coefficient (Wildman–Crippen LogP) is 3.48. The summed E-state index contributed by atoms with van der Waals surface area (Å²) in [6.45, 7) is 0.708. The number of carbonyl (C=O) groups excluding carboxylic acids is 1. The second-order valence-corrected chi connectivity index (χ2v) is 5.96. The average Bonchev–Trinajstić information content (AvgIpc) is 3.04. The van der Waals surface area contributed by atoms with Crippen molar-refractivity contribution < 1.29 is 4.79 Å². The summed E-state index contributed by atoms with van der Waals surface area (Å²) in [6, 6.07) is 7.55. The van der Waals surface area contributed by atoms with E-state index in [9.17, 15) is 4.79 Å². The fraction of sp³-hybridized carbons (Fsp3) is 0.286. The van der Waals surface area contributed by atoms with Crippen LogP contribution < -0.4 is 4.90 Å². The third-order valence-electron chi connectivity index (χ3n) is 3.45. The lowest BCUT2D eigenvalue weighted by atomic mass is 10.1. The van der Waals surface area contributed by atoms with Gasteiger partial charge in [0.15, 0.2) is 0 Å². The van der Waals surface area contributed by atoms with Crippen molar-refractivity contribution in [1.29, 1.82) is 0 Å². The molecule has 1 aliphatic heterocycles. The number of H-pyrrole nitrogens is 1. The van der Waals surface area contributed by atoms with E-state index in [1.54, 1.807) is 11.1 Å². The zero-order valence-electron chi connectivity index (χ0n) is 10.6. The topological polar surface area (TPSA) is 49.0 Å². The SMILES string of the molecule is O=C1CC(CBr)CN1c1[nH]ncc1-c1cccc(Cl)c1. The highest BCUT2D eigenvalue weighted by Crippen LogP contribution is 2.33. The molecule has 1 unspecified atom stereocenters. The number of nitrogens with zero attached hydrogens (tertiary/aromatic N) is 2. The van der Waals surface area contributed by atoms with Gasteiger partial charge in [-0.1, -0.05) is 39.7 Å². The van der Waals surface area contributed by atoms with Crippen LogP contribution in [0, 0.1) is 5.92 Å². The molecule has 0 spiro atoms. The summed E-state index contributed by atoms with van der Waals surface area (Å²) < 4.78 is 0. The first-order valence-electron chi connectivity index (χ1n) is 6.34. The van der Waals surface area contributed by atoms with E-state index in [1.807, 2.05) is 24.3 Å². The second-order valence-electron chi connectivity index (χ2n) is 4.87. The first-order valence-corrected chi connectivity index (χ1v) is 7.84. The Morgan fingerprint density at radius 3 is 3.05 bits per heavy atom. The van der Waals surface area contributed by atoms with Crippen LogP contribution >= 0.6 is 27.5 Å². The number of benzene rings is 1. The molecule has 0 saturated carbocycles. The zero-order chi connectivity index (χ0) is 14.1. The lowest BCUT2D eigenvalue weighted by molar-refractivity contribution is -0.117. The van der Waals surface area contributed by atoms with Crippen molar-refractivity contribution in [3.05, 3.63) is 35.5 Å². The molecule has 1 aromatic heterocycles. The highest BCUT2D eigenvalue weighted by molar-refractivity contribution is 9.09. The lowest BCUT2D eigenvalue weighted by Gasteiger charge is -2.16. The van der Waals surface area contributed by atoms with Gasteiger partial charge in [0.05, 0.1) is 6.20 Å². The van der Waals surface area contributed by atoms with Gasteiger partial charge >= 0.3 is 0 Å². The molecule has 2 aromatic rings. The van der Waals surface area contributed by atoms with E-state index in [1.165, 1.54) is 0 Å². The van der Waals surface area contributed by atoms with E-state index in [2.05, 4.69) is 26.1 Å². The van der Waals surface area contributed by atoms with Crippen LogP contribution in [0.1, 0.15) is 6.42 Å². The molecule has 1 atom stereocenters. The molecule has 1 aliphatic rings. The molecule has 0 aliphatic carbocycles. The monoisotopic (exact) mass is 353 g/mol. The van der Waals surface area contributed by atoms with Crippen molar-refractivity contribution in [2.45, 2.75) is 6.42 Å². The van der Waals surface area contributed by atoms with Crippen molar-refractivity contribution in [2.75, 3.05) is 16.8 Å². The highest BCUT2D eigenvalue weighted by atomic mass is 79.9. The van der Waals surface area contributed by atoms with Crippen LogP contribution in [-0.4, -0.2) is 28.0 Å². The maximum Gasteiger partial charge on any atom is 0.228 e. The summed E-state index contributed by atoms with van der Waals surface area (Å²) in [5, 5.41) is 8.52. The Labute approximate surface area is 130 Å². The van der Waals surface area contributed by atoms with Gasteiger partial charge in [-0.05, 0) is 23.6 Å². The van der Waals surface area contributed by atoms with Gasteiger partial charge in [-0.3, -0.25) is 14.8 Å². The van der Waals surface area contributed by atoms with Crippen LogP contribution in [-0.2, 0) is 4.79 Å². The third kappa shape index (κ3) is 2.47. The van der Waals surface area contributed by atoms with Crippen LogP contribution in [0.5, 0.6) is 0 Å². The number of aromatic nitrogens is 2. The summed E-state index contributed by atoms with van der Waals surface area (Å²) in [4.78, 5) is 13.9. The number of anilines is 1. The third-order valence-corrected chi connectivity index (χ3v) is 4.60. The smallest absolute Gasteiger partial charge is 0.228 e. The minimum Gasteiger partial charge on any atom is -0.296 e. The Morgan fingerprint density at radius 2 is 2.35 bits per heavy atom. The molecular formula is C14H13BrClN3O. The van der Waals surface area contributed by atoms with Crippen molar-refractivity contribution in [2.24, 2.45) is 5.92 Å². The standard InChI is InChI=1S/C14H13BrClN3O/c15-6-9-4-13(20)19(8-9)14-12(7-17-18-14)10-2-1-3-11(16)5-10/h1-3,5,7,9H,4,6,8H2,(H,17,18). The van der Waals surface area contributed by atoms with Crippen molar-refractivity contribution >= 4 is 39.3 Å². The Kier molecular flexibility index (Phi) is 3.81. The number of halogens is 2. The Bertz CT molecular complexity index is 643. The molecule has 4 nitrogen and oxygen atoms in total. The minimum atomic E-state index is 0.127. The predicted molar refractivity (Wildman–Crippen MR) is 83.3 cm³/mol. The molecule has 6 heteroatoms. The summed E-state index contributed by atoms with van der Waals surface area (Å²) in [7, 11) is 0. The van der Waals surface area contributed by atoms with Gasteiger partial charge in [0.1, 0.15) is 5.82 Å². The molecular weight excluding hydrogens is 342 g/mol. The zero-order valence-corrected chi connectivity index (χ0v) is 13.0. The Morgan fingerprint density at radius 1 is 1.50 bits per heavy atom. The second kappa shape index (κ2) is 5.58. The quantitative estimate of drug-likeness (QED) is 0.858. The molecule has 1 aromatic carbocycles. The maximum absolute atomic E-state index is 12.1. The molecule has 3 rings (SSSR count). The number of nitrogens with one attached hydrogen (secondary N) is 1. The summed E-state index contributed by atoms with van der Waals surface area (Å²) in [6.07, 6.45) is 2.30. The first kappa shape index (κ1) is 13.6. The van der Waals surface area contributed by atoms with Gasteiger partial charge in [0.25, 0.3) is 0 Å². The van der Waals surface area contributed by atoms with Crippen molar-refractivity contribution in [1.82, 2.24) is 10.2 Å². The molecule has 2 heterocycles. The van der Waals surface area contributed by atoms with Crippen LogP contribution in [0.4, 0.5) is 5.82 Å². The number of carbonyl (C=O) groups is 1. The number of alkyl halides is 1. The molecule has 1 saturated heterocycles. The number of aromatic amines is 1. The van der Waals surface area contributed by atoms with Gasteiger partial charge in [0, 0.05) is 28.9 Å². The van der Waals surface area contributed by atoms with E-state index in [4.69, 9.17) is 11.6 Å². The van der Waals surface area contributed by atoms with E-state index in [0.717, 1.165) is 22.3 Å². The maximum atomic E-state index is 12.1. The largest absolute Gasteiger partial charge is 0.296 e. The van der Waals surface area contributed by atoms with Crippen molar-refractivity contribution in [3.63, 3.8) is 0 Å². The molecule has 1 amide bonds. The fourth-order valence-corrected chi connectivity index (χ4v) is 3.08. The van der Waals surface area contributed by atoms with E-state index in [0.29, 0.717) is 23.9 Å². The van der Waals surface area contributed by atoms with Gasteiger partial charge < -0.3 is 0 Å². The number of hydrogen-bond donors (Lipinski definition) is 1. The fourth-order valence-electron chi connectivity index (χ4n) is 2.45. The molecule has 20 heavy (non-hydrogen) atoms. The molecule has 0 radical (unpaired) electrons.